The molecule has 2 heterocycles. The summed E-state index contributed by atoms with van der Waals surface area (Å²) in [6, 6.07) is 17.8. The fraction of sp³-hybridized carbons (Fsp3) is 0.200. The van der Waals surface area contributed by atoms with Gasteiger partial charge in [-0.3, -0.25) is 4.79 Å². The Hall–Kier alpha value is -2.31. The first-order valence-electron chi connectivity index (χ1n) is 8.28. The molecule has 6 heteroatoms. The quantitative estimate of drug-likeness (QED) is 0.598. The van der Waals surface area contributed by atoms with Crippen LogP contribution in [-0.2, 0) is 23.7 Å². The van der Waals surface area contributed by atoms with Gasteiger partial charge in [-0.2, -0.15) is 0 Å². The zero-order valence-electron chi connectivity index (χ0n) is 14.3. The number of amides is 1. The molecule has 4 nitrogen and oxygen atoms in total. The minimum atomic E-state index is 0.0372. The Morgan fingerprint density at radius 3 is 2.81 bits per heavy atom. The van der Waals surface area contributed by atoms with Gasteiger partial charge in [0.15, 0.2) is 0 Å². The van der Waals surface area contributed by atoms with Crippen molar-refractivity contribution in [3.05, 3.63) is 82.2 Å². The number of nitrogens with zero attached hydrogens (tertiary/aromatic N) is 1. The Kier molecular flexibility index (Phi) is 7.10. The van der Waals surface area contributed by atoms with Gasteiger partial charge < -0.3 is 10.1 Å². The lowest BCUT2D eigenvalue weighted by Gasteiger charge is -2.08. The number of hydrogen-bond acceptors (Lipinski definition) is 5. The first kappa shape index (κ1) is 18.5. The molecule has 0 unspecified atom stereocenters. The Morgan fingerprint density at radius 2 is 2.00 bits per heavy atom. The first-order chi connectivity index (χ1) is 12.8. The lowest BCUT2D eigenvalue weighted by atomic mass is 10.2. The highest BCUT2D eigenvalue weighted by Gasteiger charge is 2.04. The van der Waals surface area contributed by atoms with Crippen LogP contribution in [0.25, 0.3) is 0 Å². The van der Waals surface area contributed by atoms with Gasteiger partial charge in [0.2, 0.25) is 11.8 Å². The first-order valence-corrected chi connectivity index (χ1v) is 10.3. The van der Waals surface area contributed by atoms with Crippen molar-refractivity contribution in [1.29, 1.82) is 0 Å². The minimum absolute atomic E-state index is 0.0372. The van der Waals surface area contributed by atoms with Crippen molar-refractivity contribution >= 4 is 29.0 Å². The van der Waals surface area contributed by atoms with E-state index < -0.39 is 0 Å². The molecule has 0 fully saturated rings. The molecule has 134 valence electrons. The van der Waals surface area contributed by atoms with Crippen LogP contribution >= 0.6 is 23.1 Å². The van der Waals surface area contributed by atoms with E-state index in [1.54, 1.807) is 29.3 Å². The third-order valence-corrected chi connectivity index (χ3v) is 5.62. The third kappa shape index (κ3) is 6.20. The number of aromatic nitrogens is 1. The average Bonchev–Trinajstić information content (AvgIpc) is 3.19. The fourth-order valence-electron chi connectivity index (χ4n) is 2.26. The van der Waals surface area contributed by atoms with Crippen LogP contribution in [0.15, 0.2) is 66.2 Å². The Bertz CT molecular complexity index is 808. The average molecular weight is 385 g/mol. The molecule has 3 aromatic rings. The normalized spacial score (nSPS) is 10.5. The zero-order chi connectivity index (χ0) is 18.0. The van der Waals surface area contributed by atoms with E-state index in [2.05, 4.69) is 21.7 Å². The number of hydrogen-bond donors (Lipinski definition) is 1. The summed E-state index contributed by atoms with van der Waals surface area (Å²) in [5, 5.41) is 4.99. The maximum absolute atomic E-state index is 12.0. The van der Waals surface area contributed by atoms with Crippen molar-refractivity contribution in [3.63, 3.8) is 0 Å². The fourth-order valence-corrected chi connectivity index (χ4v) is 3.96. The second-order valence-corrected chi connectivity index (χ2v) is 7.64. The molecule has 1 amide bonds. The molecule has 26 heavy (non-hydrogen) atoms. The Balaban J connectivity index is 1.40. The molecule has 1 aromatic carbocycles. The molecule has 0 bridgehead atoms. The van der Waals surface area contributed by atoms with Crippen molar-refractivity contribution in [3.8, 4) is 5.88 Å². The van der Waals surface area contributed by atoms with Crippen LogP contribution in [0.2, 0.25) is 0 Å². The van der Waals surface area contributed by atoms with Gasteiger partial charge in [0, 0.05) is 29.4 Å². The molecule has 0 aliphatic heterocycles. The number of carbonyl (C=O) groups is 1. The maximum Gasteiger partial charge on any atom is 0.230 e. The van der Waals surface area contributed by atoms with Crippen molar-refractivity contribution in [1.82, 2.24) is 10.3 Å². The number of thioether (sulfide) groups is 1. The molecule has 0 saturated carbocycles. The number of nitrogens with one attached hydrogen (secondary N) is 1. The molecule has 0 spiro atoms. The number of carbonyl (C=O) groups excluding carboxylic acids is 1. The van der Waals surface area contributed by atoms with Crippen LogP contribution in [0.5, 0.6) is 5.88 Å². The highest BCUT2D eigenvalue weighted by atomic mass is 32.2. The zero-order valence-corrected chi connectivity index (χ0v) is 15.9. The van der Waals surface area contributed by atoms with E-state index in [1.165, 1.54) is 4.88 Å². The van der Waals surface area contributed by atoms with Crippen LogP contribution in [0, 0.1) is 0 Å². The largest absolute Gasteiger partial charge is 0.473 e. The van der Waals surface area contributed by atoms with Gasteiger partial charge in [0.1, 0.15) is 6.61 Å². The van der Waals surface area contributed by atoms with E-state index >= 15 is 0 Å². The smallest absolute Gasteiger partial charge is 0.230 e. The summed E-state index contributed by atoms with van der Waals surface area (Å²) in [7, 11) is 0. The van der Waals surface area contributed by atoms with Crippen LogP contribution in [-0.4, -0.2) is 16.6 Å². The molecule has 0 aliphatic carbocycles. The summed E-state index contributed by atoms with van der Waals surface area (Å²) in [5.41, 5.74) is 2.07. The molecule has 0 saturated heterocycles. The van der Waals surface area contributed by atoms with Crippen LogP contribution < -0.4 is 10.1 Å². The van der Waals surface area contributed by atoms with Crippen molar-refractivity contribution in [2.45, 2.75) is 18.9 Å². The summed E-state index contributed by atoms with van der Waals surface area (Å²) in [4.78, 5) is 17.5. The number of ether oxygens (including phenoxy) is 1. The van der Waals surface area contributed by atoms with Crippen LogP contribution in [0.3, 0.4) is 0 Å². The van der Waals surface area contributed by atoms with Crippen molar-refractivity contribution in [2.75, 3.05) is 5.75 Å². The third-order valence-electron chi connectivity index (χ3n) is 3.58. The van der Waals surface area contributed by atoms with E-state index in [0.717, 1.165) is 16.9 Å². The number of thiophene rings is 1. The highest BCUT2D eigenvalue weighted by Crippen LogP contribution is 2.17. The predicted octanol–water partition coefficient (Wildman–Crippen LogP) is 4.27. The van der Waals surface area contributed by atoms with Gasteiger partial charge in [-0.05, 0) is 28.6 Å². The monoisotopic (exact) mass is 384 g/mol. The summed E-state index contributed by atoms with van der Waals surface area (Å²) in [5.74, 6) is 1.93. The van der Waals surface area contributed by atoms with E-state index in [9.17, 15) is 4.79 Å². The van der Waals surface area contributed by atoms with E-state index in [0.29, 0.717) is 24.8 Å². The second-order valence-electron chi connectivity index (χ2n) is 5.63. The predicted molar refractivity (Wildman–Crippen MR) is 107 cm³/mol. The van der Waals surface area contributed by atoms with Gasteiger partial charge >= 0.3 is 0 Å². The topological polar surface area (TPSA) is 51.2 Å². The Morgan fingerprint density at radius 1 is 1.12 bits per heavy atom. The van der Waals surface area contributed by atoms with Gasteiger partial charge in [0.25, 0.3) is 0 Å². The van der Waals surface area contributed by atoms with Gasteiger partial charge in [-0.15, -0.1) is 23.1 Å². The number of rotatable bonds is 9. The second kappa shape index (κ2) is 9.99. The SMILES string of the molecule is O=C(CSCc1cccs1)NCc1ccnc(OCc2ccccc2)c1. The van der Waals surface area contributed by atoms with Crippen molar-refractivity contribution < 1.29 is 9.53 Å². The van der Waals surface area contributed by atoms with Crippen LogP contribution in [0.1, 0.15) is 16.0 Å². The standard InChI is InChI=1S/C20H20N2O2S2/c23-19(15-25-14-18-7-4-10-26-18)22-12-17-8-9-21-20(11-17)24-13-16-5-2-1-3-6-16/h1-11H,12-15H2,(H,22,23). The van der Waals surface area contributed by atoms with Gasteiger partial charge in [-0.25, -0.2) is 4.98 Å². The van der Waals surface area contributed by atoms with Crippen molar-refractivity contribution in [2.24, 2.45) is 0 Å². The summed E-state index contributed by atoms with van der Waals surface area (Å²) in [6.07, 6.45) is 1.70. The molecule has 1 N–H and O–H groups in total. The molecule has 0 atom stereocenters. The lowest BCUT2D eigenvalue weighted by molar-refractivity contribution is -0.118. The highest BCUT2D eigenvalue weighted by molar-refractivity contribution is 7.99. The van der Waals surface area contributed by atoms with Gasteiger partial charge in [0.05, 0.1) is 5.75 Å². The number of benzene rings is 1. The summed E-state index contributed by atoms with van der Waals surface area (Å²) < 4.78 is 5.72. The molecular formula is C20H20N2O2S2. The van der Waals surface area contributed by atoms with Gasteiger partial charge in [-0.1, -0.05) is 36.4 Å². The number of pyridine rings is 1. The van der Waals surface area contributed by atoms with E-state index in [4.69, 9.17) is 4.74 Å². The minimum Gasteiger partial charge on any atom is -0.473 e. The van der Waals surface area contributed by atoms with E-state index in [1.807, 2.05) is 48.5 Å². The lowest BCUT2D eigenvalue weighted by Crippen LogP contribution is -2.24. The molecular weight excluding hydrogens is 364 g/mol. The molecule has 3 rings (SSSR count). The summed E-state index contributed by atoms with van der Waals surface area (Å²) >= 11 is 3.34. The van der Waals surface area contributed by atoms with Crippen LogP contribution in [0.4, 0.5) is 0 Å². The maximum atomic E-state index is 12.0. The summed E-state index contributed by atoms with van der Waals surface area (Å²) in [6.45, 7) is 0.950. The molecule has 0 aliphatic rings. The Labute approximate surface area is 161 Å². The molecule has 0 radical (unpaired) electrons. The van der Waals surface area contributed by atoms with E-state index in [-0.39, 0.29) is 5.91 Å². The molecule has 2 aromatic heterocycles.